The topological polar surface area (TPSA) is 63.6 Å². The minimum absolute atomic E-state index is 0.146. The van der Waals surface area contributed by atoms with E-state index >= 15 is 0 Å². The Labute approximate surface area is 167 Å². The number of urea groups is 1. The number of thiophene rings is 1. The molecule has 2 aromatic heterocycles. The highest BCUT2D eigenvalue weighted by molar-refractivity contribution is 7.10. The molecular weight excluding hydrogens is 374 g/mol. The smallest absolute Gasteiger partial charge is 0.318 e. The van der Waals surface area contributed by atoms with Crippen LogP contribution in [-0.2, 0) is 16.1 Å². The minimum atomic E-state index is -0.342. The first-order valence-corrected chi connectivity index (χ1v) is 9.97. The molecule has 0 unspecified atom stereocenters. The zero-order chi connectivity index (χ0) is 19.5. The summed E-state index contributed by atoms with van der Waals surface area (Å²) in [5.41, 5.74) is 3.19. The van der Waals surface area contributed by atoms with E-state index in [9.17, 15) is 9.59 Å². The van der Waals surface area contributed by atoms with Crippen LogP contribution < -0.4 is 5.32 Å². The number of hydrogen-bond acceptors (Lipinski definition) is 4. The average Bonchev–Trinajstić information content (AvgIpc) is 3.38. The van der Waals surface area contributed by atoms with Gasteiger partial charge in [-0.25, -0.2) is 4.79 Å². The van der Waals surface area contributed by atoms with E-state index in [-0.39, 0.29) is 31.0 Å². The molecule has 1 atom stereocenters. The molecule has 7 heteroatoms. The number of rotatable bonds is 4. The molecule has 1 N–H and O–H groups in total. The molecule has 1 aromatic carbocycles. The zero-order valence-electron chi connectivity index (χ0n) is 15.5. The largest absolute Gasteiger partial charge is 0.469 e. The lowest BCUT2D eigenvalue weighted by Gasteiger charge is -2.30. The van der Waals surface area contributed by atoms with Crippen LogP contribution in [0, 0.1) is 0 Å². The predicted molar refractivity (Wildman–Crippen MR) is 108 cm³/mol. The predicted octanol–water partition coefficient (Wildman–Crippen LogP) is 3.72. The zero-order valence-corrected chi connectivity index (χ0v) is 16.3. The Morgan fingerprint density at radius 3 is 2.82 bits per heavy atom. The van der Waals surface area contributed by atoms with Gasteiger partial charge in [0.25, 0.3) is 0 Å². The van der Waals surface area contributed by atoms with Gasteiger partial charge in [-0.2, -0.15) is 0 Å². The van der Waals surface area contributed by atoms with Gasteiger partial charge in [-0.15, -0.1) is 11.3 Å². The molecule has 0 radical (unpaired) electrons. The third-order valence-electron chi connectivity index (χ3n) is 4.87. The van der Waals surface area contributed by atoms with E-state index in [1.807, 2.05) is 46.8 Å². The Hall–Kier alpha value is -3.06. The Kier molecular flexibility index (Phi) is 5.16. The maximum absolute atomic E-state index is 13.1. The van der Waals surface area contributed by atoms with Gasteiger partial charge in [0.05, 0.1) is 31.5 Å². The van der Waals surface area contributed by atoms with Crippen LogP contribution in [0.3, 0.4) is 0 Å². The van der Waals surface area contributed by atoms with Crippen molar-refractivity contribution in [2.75, 3.05) is 13.7 Å². The second-order valence-corrected chi connectivity index (χ2v) is 7.51. The fraction of sp³-hybridized carbons (Fsp3) is 0.238. The third-order valence-corrected chi connectivity index (χ3v) is 5.80. The SMILES string of the molecule is COC(=O)CCNC(=O)N1Cc2ccccc2-n2cccc2[C@@H]1c1cccs1. The molecule has 0 aliphatic carbocycles. The van der Waals surface area contributed by atoms with Crippen molar-refractivity contribution in [2.45, 2.75) is 19.0 Å². The molecule has 4 rings (SSSR count). The summed E-state index contributed by atoms with van der Waals surface area (Å²) in [6.45, 7) is 0.715. The summed E-state index contributed by atoms with van der Waals surface area (Å²) in [7, 11) is 1.34. The summed E-state index contributed by atoms with van der Waals surface area (Å²) >= 11 is 1.63. The van der Waals surface area contributed by atoms with E-state index in [2.05, 4.69) is 32.8 Å². The van der Waals surface area contributed by atoms with Gasteiger partial charge in [-0.1, -0.05) is 24.3 Å². The third kappa shape index (κ3) is 3.41. The van der Waals surface area contributed by atoms with E-state index in [0.29, 0.717) is 6.54 Å². The second-order valence-electron chi connectivity index (χ2n) is 6.54. The average molecular weight is 395 g/mol. The molecule has 6 nitrogen and oxygen atoms in total. The molecule has 0 spiro atoms. The van der Waals surface area contributed by atoms with Crippen molar-refractivity contribution in [1.29, 1.82) is 0 Å². The van der Waals surface area contributed by atoms with Crippen LogP contribution in [0.4, 0.5) is 4.79 Å². The van der Waals surface area contributed by atoms with Gasteiger partial charge in [0, 0.05) is 17.6 Å². The summed E-state index contributed by atoms with van der Waals surface area (Å²) < 4.78 is 6.81. The number of amides is 2. The van der Waals surface area contributed by atoms with Gasteiger partial charge in [0.1, 0.15) is 6.04 Å². The Morgan fingerprint density at radius 2 is 2.04 bits per heavy atom. The first-order chi connectivity index (χ1) is 13.7. The first kappa shape index (κ1) is 18.3. The van der Waals surface area contributed by atoms with Gasteiger partial charge in [0.2, 0.25) is 0 Å². The Balaban J connectivity index is 1.71. The van der Waals surface area contributed by atoms with Crippen LogP contribution >= 0.6 is 11.3 Å². The highest BCUT2D eigenvalue weighted by Crippen LogP contribution is 2.38. The molecule has 2 amide bonds. The molecule has 1 aliphatic rings. The van der Waals surface area contributed by atoms with Gasteiger partial charge >= 0.3 is 12.0 Å². The van der Waals surface area contributed by atoms with Gasteiger partial charge < -0.3 is 19.5 Å². The van der Waals surface area contributed by atoms with Crippen molar-refractivity contribution in [3.8, 4) is 5.69 Å². The van der Waals surface area contributed by atoms with Gasteiger partial charge in [-0.05, 0) is 35.2 Å². The molecule has 3 aromatic rings. The molecule has 0 bridgehead atoms. The normalized spacial score (nSPS) is 15.3. The number of hydrogen-bond donors (Lipinski definition) is 1. The van der Waals surface area contributed by atoms with Crippen LogP contribution in [0.2, 0.25) is 0 Å². The lowest BCUT2D eigenvalue weighted by Crippen LogP contribution is -2.42. The van der Waals surface area contributed by atoms with E-state index in [0.717, 1.165) is 21.8 Å². The summed E-state index contributed by atoms with van der Waals surface area (Å²) in [4.78, 5) is 27.4. The van der Waals surface area contributed by atoms with E-state index in [1.54, 1.807) is 11.3 Å². The number of nitrogens with zero attached hydrogens (tertiary/aromatic N) is 2. The number of esters is 1. The first-order valence-electron chi connectivity index (χ1n) is 9.09. The van der Waals surface area contributed by atoms with Crippen molar-refractivity contribution < 1.29 is 14.3 Å². The quantitative estimate of drug-likeness (QED) is 0.685. The van der Waals surface area contributed by atoms with Crippen molar-refractivity contribution in [2.24, 2.45) is 0 Å². The number of carbonyl (C=O) groups excluding carboxylic acids is 2. The maximum atomic E-state index is 13.1. The summed E-state index contributed by atoms with van der Waals surface area (Å²) in [6.07, 6.45) is 2.18. The Bertz CT molecular complexity index is 980. The monoisotopic (exact) mass is 395 g/mol. The number of ether oxygens (including phenoxy) is 1. The summed E-state index contributed by atoms with van der Waals surface area (Å²) in [5.74, 6) is -0.342. The fourth-order valence-electron chi connectivity index (χ4n) is 3.56. The van der Waals surface area contributed by atoms with E-state index in [1.165, 1.54) is 7.11 Å². The highest BCUT2D eigenvalue weighted by atomic mass is 32.1. The van der Waals surface area contributed by atoms with Crippen LogP contribution in [0.5, 0.6) is 0 Å². The van der Waals surface area contributed by atoms with Crippen LogP contribution in [0.15, 0.2) is 60.1 Å². The van der Waals surface area contributed by atoms with Crippen molar-refractivity contribution >= 4 is 23.3 Å². The highest BCUT2D eigenvalue weighted by Gasteiger charge is 2.33. The van der Waals surface area contributed by atoms with E-state index in [4.69, 9.17) is 0 Å². The lowest BCUT2D eigenvalue weighted by atomic mass is 10.1. The molecule has 144 valence electrons. The van der Waals surface area contributed by atoms with Crippen molar-refractivity contribution in [1.82, 2.24) is 14.8 Å². The van der Waals surface area contributed by atoms with Gasteiger partial charge in [-0.3, -0.25) is 4.79 Å². The number of para-hydroxylation sites is 1. The van der Waals surface area contributed by atoms with Crippen LogP contribution in [0.1, 0.15) is 28.6 Å². The van der Waals surface area contributed by atoms with Gasteiger partial charge in [0.15, 0.2) is 0 Å². The lowest BCUT2D eigenvalue weighted by molar-refractivity contribution is -0.140. The van der Waals surface area contributed by atoms with Crippen molar-refractivity contribution in [3.05, 3.63) is 76.2 Å². The number of fused-ring (bicyclic) bond motifs is 3. The molecular formula is C21H21N3O3S. The second kappa shape index (κ2) is 7.90. The molecule has 0 saturated carbocycles. The maximum Gasteiger partial charge on any atom is 0.318 e. The molecule has 3 heterocycles. The van der Waals surface area contributed by atoms with Crippen LogP contribution in [-0.4, -0.2) is 35.1 Å². The molecule has 1 aliphatic heterocycles. The molecule has 0 saturated heterocycles. The number of carbonyl (C=O) groups is 2. The summed E-state index contributed by atoms with van der Waals surface area (Å²) in [5, 5.41) is 4.89. The number of benzene rings is 1. The standard InChI is InChI=1S/C21H21N3O3S/c1-27-19(25)10-11-22-21(26)24-14-15-6-2-3-7-16(15)23-12-4-8-17(23)20(24)18-9-5-13-28-18/h2-9,12-13,20H,10-11,14H2,1H3,(H,22,26)/t20-/m1/s1. The Morgan fingerprint density at radius 1 is 1.18 bits per heavy atom. The fourth-order valence-corrected chi connectivity index (χ4v) is 4.41. The molecule has 28 heavy (non-hydrogen) atoms. The number of nitrogens with one attached hydrogen (secondary N) is 1. The van der Waals surface area contributed by atoms with E-state index < -0.39 is 0 Å². The van der Waals surface area contributed by atoms with Crippen LogP contribution in [0.25, 0.3) is 5.69 Å². The number of aromatic nitrogens is 1. The summed E-state index contributed by atoms with van der Waals surface area (Å²) in [6, 6.07) is 15.8. The molecule has 0 fully saturated rings. The number of methoxy groups -OCH3 is 1. The minimum Gasteiger partial charge on any atom is -0.469 e. The van der Waals surface area contributed by atoms with Crippen molar-refractivity contribution in [3.63, 3.8) is 0 Å².